The summed E-state index contributed by atoms with van der Waals surface area (Å²) in [6.45, 7) is 2.39. The quantitative estimate of drug-likeness (QED) is 0.757. The molecule has 0 amide bonds. The van der Waals surface area contributed by atoms with E-state index in [1.807, 2.05) is 13.0 Å². The molecule has 4 heteroatoms. The maximum atomic E-state index is 8.88. The summed E-state index contributed by atoms with van der Waals surface area (Å²) in [6, 6.07) is 5.29. The molecule has 0 atom stereocenters. The summed E-state index contributed by atoms with van der Waals surface area (Å²) >= 11 is 0. The van der Waals surface area contributed by atoms with Crippen molar-refractivity contribution in [1.29, 1.82) is 5.26 Å². The first-order valence-electron chi connectivity index (χ1n) is 4.55. The first-order valence-corrected chi connectivity index (χ1v) is 4.55. The Bertz CT molecular complexity index is 382. The van der Waals surface area contributed by atoms with Crippen LogP contribution in [0.3, 0.4) is 0 Å². The molecule has 0 heterocycles. The summed E-state index contributed by atoms with van der Waals surface area (Å²) in [5, 5.41) is 8.88. The van der Waals surface area contributed by atoms with Gasteiger partial charge in [-0.15, -0.1) is 0 Å². The third-order valence-corrected chi connectivity index (χ3v) is 1.91. The van der Waals surface area contributed by atoms with Crippen LogP contribution in [0.4, 0.5) is 0 Å². The Kier molecular flexibility index (Phi) is 3.81. The molecule has 0 unspecified atom stereocenters. The first-order chi connectivity index (χ1) is 7.26. The molecular formula is C11H13NO3. The van der Waals surface area contributed by atoms with Gasteiger partial charge in [-0.05, 0) is 6.92 Å². The van der Waals surface area contributed by atoms with Crippen molar-refractivity contribution in [2.45, 2.75) is 6.92 Å². The van der Waals surface area contributed by atoms with Crippen LogP contribution in [-0.2, 0) is 0 Å². The number of ether oxygens (including phenoxy) is 3. The maximum Gasteiger partial charge on any atom is 0.164 e. The second-order valence-corrected chi connectivity index (χ2v) is 2.75. The third-order valence-electron chi connectivity index (χ3n) is 1.91. The Hall–Kier alpha value is -1.89. The fourth-order valence-electron chi connectivity index (χ4n) is 1.23. The van der Waals surface area contributed by atoms with Crippen molar-refractivity contribution in [1.82, 2.24) is 0 Å². The molecule has 4 nitrogen and oxygen atoms in total. The van der Waals surface area contributed by atoms with Crippen molar-refractivity contribution in [2.75, 3.05) is 20.8 Å². The average molecular weight is 207 g/mol. The Labute approximate surface area is 89.0 Å². The highest BCUT2D eigenvalue weighted by Gasteiger charge is 2.11. The molecule has 0 fully saturated rings. The summed E-state index contributed by atoms with van der Waals surface area (Å²) in [5.74, 6) is 1.60. The van der Waals surface area contributed by atoms with E-state index < -0.39 is 0 Å². The van der Waals surface area contributed by atoms with Crippen molar-refractivity contribution >= 4 is 0 Å². The molecule has 15 heavy (non-hydrogen) atoms. The highest BCUT2D eigenvalue weighted by Crippen LogP contribution is 2.34. The highest BCUT2D eigenvalue weighted by molar-refractivity contribution is 5.55. The van der Waals surface area contributed by atoms with Crippen LogP contribution in [-0.4, -0.2) is 20.8 Å². The molecule has 0 saturated heterocycles. The minimum absolute atomic E-state index is 0.432. The van der Waals surface area contributed by atoms with Crippen LogP contribution in [0.2, 0.25) is 0 Å². The van der Waals surface area contributed by atoms with Crippen LogP contribution in [0.5, 0.6) is 17.2 Å². The van der Waals surface area contributed by atoms with E-state index in [9.17, 15) is 0 Å². The Morgan fingerprint density at radius 2 is 1.80 bits per heavy atom. The van der Waals surface area contributed by atoms with E-state index in [1.54, 1.807) is 19.2 Å². The number of nitriles is 1. The van der Waals surface area contributed by atoms with Crippen LogP contribution < -0.4 is 14.2 Å². The van der Waals surface area contributed by atoms with E-state index in [0.29, 0.717) is 29.4 Å². The average Bonchev–Trinajstić information content (AvgIpc) is 2.28. The van der Waals surface area contributed by atoms with Gasteiger partial charge in [0, 0.05) is 12.1 Å². The zero-order valence-electron chi connectivity index (χ0n) is 9.03. The van der Waals surface area contributed by atoms with Gasteiger partial charge in [0.1, 0.15) is 11.8 Å². The molecule has 80 valence electrons. The molecule has 0 radical (unpaired) electrons. The second-order valence-electron chi connectivity index (χ2n) is 2.75. The van der Waals surface area contributed by atoms with Crippen molar-refractivity contribution in [2.24, 2.45) is 0 Å². The van der Waals surface area contributed by atoms with Gasteiger partial charge in [-0.1, -0.05) is 0 Å². The number of methoxy groups -OCH3 is 2. The zero-order valence-corrected chi connectivity index (χ0v) is 9.03. The number of rotatable bonds is 4. The minimum atomic E-state index is 0.432. The number of benzene rings is 1. The predicted molar refractivity (Wildman–Crippen MR) is 55.4 cm³/mol. The fourth-order valence-corrected chi connectivity index (χ4v) is 1.23. The lowest BCUT2D eigenvalue weighted by atomic mass is 10.2. The molecule has 0 spiro atoms. The zero-order chi connectivity index (χ0) is 11.3. The molecule has 0 aliphatic carbocycles. The lowest BCUT2D eigenvalue weighted by molar-refractivity contribution is 0.308. The lowest BCUT2D eigenvalue weighted by Crippen LogP contribution is -1.97. The van der Waals surface area contributed by atoms with Crippen LogP contribution in [0, 0.1) is 11.3 Å². The topological polar surface area (TPSA) is 51.5 Å². The Morgan fingerprint density at radius 3 is 2.27 bits per heavy atom. The predicted octanol–water partition coefficient (Wildman–Crippen LogP) is 1.97. The molecule has 0 aliphatic rings. The highest BCUT2D eigenvalue weighted by atomic mass is 16.5. The molecule has 0 aromatic heterocycles. The molecule has 0 aliphatic heterocycles. The molecule has 0 bridgehead atoms. The molecule has 0 N–H and O–H groups in total. The first kappa shape index (κ1) is 11.2. The van der Waals surface area contributed by atoms with Gasteiger partial charge in [-0.3, -0.25) is 0 Å². The van der Waals surface area contributed by atoms with Crippen LogP contribution >= 0.6 is 0 Å². The van der Waals surface area contributed by atoms with Gasteiger partial charge in [0.25, 0.3) is 0 Å². The molecular weight excluding hydrogens is 194 g/mol. The van der Waals surface area contributed by atoms with E-state index in [0.717, 1.165) is 0 Å². The van der Waals surface area contributed by atoms with E-state index in [4.69, 9.17) is 19.5 Å². The van der Waals surface area contributed by atoms with Gasteiger partial charge in [0.2, 0.25) is 0 Å². The van der Waals surface area contributed by atoms with E-state index in [2.05, 4.69) is 0 Å². The number of hydrogen-bond donors (Lipinski definition) is 0. The normalized spacial score (nSPS) is 9.20. The molecule has 1 aromatic carbocycles. The van der Waals surface area contributed by atoms with Crippen LogP contribution in [0.25, 0.3) is 0 Å². The van der Waals surface area contributed by atoms with Crippen LogP contribution in [0.1, 0.15) is 12.5 Å². The third kappa shape index (κ3) is 2.32. The maximum absolute atomic E-state index is 8.88. The molecule has 0 saturated carbocycles. The Balaban J connectivity index is 3.22. The standard InChI is InChI=1S/C11H13NO3/c1-4-15-11-5-8(7-12)9(13-2)6-10(11)14-3/h5-6H,4H2,1-3H3. The summed E-state index contributed by atoms with van der Waals surface area (Å²) < 4.78 is 15.5. The largest absolute Gasteiger partial charge is 0.495 e. The lowest BCUT2D eigenvalue weighted by Gasteiger charge is -2.11. The SMILES string of the molecule is CCOc1cc(C#N)c(OC)cc1OC. The second kappa shape index (κ2) is 5.11. The van der Waals surface area contributed by atoms with E-state index in [-0.39, 0.29) is 0 Å². The van der Waals surface area contributed by atoms with Crippen molar-refractivity contribution in [3.8, 4) is 23.3 Å². The smallest absolute Gasteiger partial charge is 0.164 e. The summed E-state index contributed by atoms with van der Waals surface area (Å²) in [7, 11) is 3.05. The van der Waals surface area contributed by atoms with E-state index in [1.165, 1.54) is 7.11 Å². The Morgan fingerprint density at radius 1 is 1.13 bits per heavy atom. The number of nitrogens with zero attached hydrogens (tertiary/aromatic N) is 1. The summed E-state index contributed by atoms with van der Waals surface area (Å²) in [5.41, 5.74) is 0.432. The summed E-state index contributed by atoms with van der Waals surface area (Å²) in [6.07, 6.45) is 0. The molecule has 1 rings (SSSR count). The summed E-state index contributed by atoms with van der Waals surface area (Å²) in [4.78, 5) is 0. The monoisotopic (exact) mass is 207 g/mol. The van der Waals surface area contributed by atoms with Gasteiger partial charge in [0.15, 0.2) is 11.5 Å². The minimum Gasteiger partial charge on any atom is -0.495 e. The fraction of sp³-hybridized carbons (Fsp3) is 0.364. The van der Waals surface area contributed by atoms with E-state index >= 15 is 0 Å². The van der Waals surface area contributed by atoms with Crippen LogP contribution in [0.15, 0.2) is 12.1 Å². The van der Waals surface area contributed by atoms with Gasteiger partial charge >= 0.3 is 0 Å². The van der Waals surface area contributed by atoms with Gasteiger partial charge < -0.3 is 14.2 Å². The number of hydrogen-bond acceptors (Lipinski definition) is 4. The molecule has 1 aromatic rings. The van der Waals surface area contributed by atoms with Gasteiger partial charge in [-0.25, -0.2) is 0 Å². The van der Waals surface area contributed by atoms with Crippen molar-refractivity contribution in [3.63, 3.8) is 0 Å². The van der Waals surface area contributed by atoms with Crippen molar-refractivity contribution in [3.05, 3.63) is 17.7 Å². The van der Waals surface area contributed by atoms with Gasteiger partial charge in [0.05, 0.1) is 26.4 Å². The van der Waals surface area contributed by atoms with Crippen molar-refractivity contribution < 1.29 is 14.2 Å². The van der Waals surface area contributed by atoms with Gasteiger partial charge in [-0.2, -0.15) is 5.26 Å².